The van der Waals surface area contributed by atoms with Crippen LogP contribution in [-0.4, -0.2) is 91.8 Å². The Labute approximate surface area is 507 Å². The van der Waals surface area contributed by atoms with Crippen LogP contribution < -0.4 is 17.0 Å². The molecule has 0 unspecified atom stereocenters. The van der Waals surface area contributed by atoms with Gasteiger partial charge in [0.2, 0.25) is 8.32 Å². The van der Waals surface area contributed by atoms with Crippen molar-refractivity contribution in [3.8, 4) is 0 Å². The van der Waals surface area contributed by atoms with Crippen molar-refractivity contribution >= 4 is 112 Å². The first-order valence-electron chi connectivity index (χ1n) is 20.0. The molecule has 0 fully saturated rings. The first kappa shape index (κ1) is 78.4. The van der Waals surface area contributed by atoms with Gasteiger partial charge < -0.3 is 28.3 Å². The zero-order chi connectivity index (χ0) is 59.0. The van der Waals surface area contributed by atoms with Crippen molar-refractivity contribution in [3.05, 3.63) is 219 Å². The third-order valence-corrected chi connectivity index (χ3v) is 15.2. The molecule has 0 aliphatic rings. The predicted octanol–water partition coefficient (Wildman–Crippen LogP) is 10.8. The molecule has 7 nitrogen and oxygen atoms in total. The third-order valence-electron chi connectivity index (χ3n) is 7.55. The first-order chi connectivity index (χ1) is 35.2. The van der Waals surface area contributed by atoms with Gasteiger partial charge in [0.1, 0.15) is 69.8 Å². The molecule has 0 aromatic heterocycles. The van der Waals surface area contributed by atoms with Crippen molar-refractivity contribution in [3.63, 3.8) is 0 Å². The molecule has 0 amide bonds. The maximum atomic E-state index is 13.6. The van der Waals surface area contributed by atoms with Crippen LogP contribution in [0.25, 0.3) is 0 Å². The molecule has 0 saturated heterocycles. The van der Waals surface area contributed by atoms with Crippen LogP contribution in [0.4, 0.5) is 74.6 Å². The van der Waals surface area contributed by atoms with E-state index in [0.717, 1.165) is 91.2 Å². The van der Waals surface area contributed by atoms with Crippen molar-refractivity contribution in [1.82, 2.24) is 0 Å². The van der Waals surface area contributed by atoms with Crippen LogP contribution in [0.3, 0.4) is 0 Å². The summed E-state index contributed by atoms with van der Waals surface area (Å²) >= 11 is 2.93. The molecular weight excluding hydrogens is 1360 g/mol. The van der Waals surface area contributed by atoms with E-state index in [1.807, 2.05) is 19.6 Å². The van der Waals surface area contributed by atoms with Crippen LogP contribution in [0, 0.1) is 87.5 Å². The molecule has 33 heteroatoms. The Morgan fingerprint density at radius 1 is 0.487 bits per heavy atom. The van der Waals surface area contributed by atoms with Crippen LogP contribution in [0.1, 0.15) is 2.85 Å². The number of hydrogen-bond donors (Lipinski definition) is 0. The Bertz CT molecular complexity index is 3080. The number of rotatable bonds is 7. The maximum absolute atomic E-state index is 13.6. The molecule has 7 rings (SSSR count). The minimum Gasteiger partial charge on any atom is -1.00 e. The van der Waals surface area contributed by atoms with E-state index in [1.54, 1.807) is 0 Å². The van der Waals surface area contributed by atoms with Gasteiger partial charge in [-0.15, -0.1) is 18.2 Å². The summed E-state index contributed by atoms with van der Waals surface area (Å²) in [5.74, 6) is -11.4. The van der Waals surface area contributed by atoms with Gasteiger partial charge >= 0.3 is 51.6 Å². The quantitative estimate of drug-likeness (QED) is 0.0390. The zero-order valence-corrected chi connectivity index (χ0v) is 51.0. The smallest absolute Gasteiger partial charge is 1.00 e. The molecule has 0 atom stereocenters. The van der Waals surface area contributed by atoms with Crippen LogP contribution >= 0.6 is 15.9 Å². The zero-order valence-electron chi connectivity index (χ0n) is 42.7. The number of alkyl halides is 3. The fourth-order valence-electron chi connectivity index (χ4n) is 5.14. The predicted molar refractivity (Wildman–Crippen MR) is 267 cm³/mol. The van der Waals surface area contributed by atoms with Crippen molar-refractivity contribution in [2.24, 2.45) is 0 Å². The molecular formula is C47H35Br2F17Mg2O7S4Si. The second kappa shape index (κ2) is 34.9. The van der Waals surface area contributed by atoms with Crippen molar-refractivity contribution in [2.75, 3.05) is 6.26 Å². The van der Waals surface area contributed by atoms with Gasteiger partial charge in [-0.25, -0.2) is 73.7 Å². The average Bonchev–Trinajstić information content (AvgIpc) is 3.20. The van der Waals surface area contributed by atoms with Gasteiger partial charge in [0.05, 0.1) is 28.0 Å². The molecule has 430 valence electrons. The maximum Gasteiger partial charge on any atom is 2.00 e. The molecule has 0 spiro atoms. The van der Waals surface area contributed by atoms with E-state index < -0.39 is 137 Å². The summed E-state index contributed by atoms with van der Waals surface area (Å²) in [7, 11) is -14.8. The Morgan fingerprint density at radius 2 is 0.700 bits per heavy atom. The monoisotopic (exact) mass is 1400 g/mol. The first-order valence-corrected chi connectivity index (χ1v) is 29.8. The minimum absolute atomic E-state index is 0. The van der Waals surface area contributed by atoms with Crippen LogP contribution in [0.5, 0.6) is 0 Å². The summed E-state index contributed by atoms with van der Waals surface area (Å²) < 4.78 is 278. The van der Waals surface area contributed by atoms with E-state index in [1.165, 1.54) is 12.1 Å². The van der Waals surface area contributed by atoms with E-state index in [2.05, 4.69) is 22.0 Å². The second-order valence-corrected chi connectivity index (χ2v) is 27.5. The number of hydrogen-bond acceptors (Lipinski definition) is 7. The van der Waals surface area contributed by atoms with Gasteiger partial charge in [0.25, 0.3) is 10.1 Å². The summed E-state index contributed by atoms with van der Waals surface area (Å²) in [5, 5.41) is 0. The van der Waals surface area contributed by atoms with Crippen LogP contribution in [0.15, 0.2) is 156 Å². The van der Waals surface area contributed by atoms with Gasteiger partial charge in [-0.1, -0.05) is 15.9 Å². The molecule has 0 heterocycles. The molecule has 7 aromatic carbocycles. The summed E-state index contributed by atoms with van der Waals surface area (Å²) in [6.07, 6.45) is 1.07. The second-order valence-electron chi connectivity index (χ2n) is 15.4. The molecule has 0 aliphatic heterocycles. The normalized spacial score (nSPS) is 10.9. The van der Waals surface area contributed by atoms with Crippen molar-refractivity contribution in [1.29, 1.82) is 0 Å². The van der Waals surface area contributed by atoms with E-state index >= 15 is 0 Å². The molecule has 0 N–H and O–H groups in total. The van der Waals surface area contributed by atoms with Gasteiger partial charge in [0.15, 0.2) is 24.8 Å². The Kier molecular flexibility index (Phi) is 34.2. The van der Waals surface area contributed by atoms with Gasteiger partial charge in [-0.05, 0) is 56.0 Å². The number of benzene rings is 7. The molecule has 0 aliphatic carbocycles. The Hall–Kier alpha value is -3.62. The fourth-order valence-corrected chi connectivity index (χ4v) is 12.6. The van der Waals surface area contributed by atoms with Crippen molar-refractivity contribution < 1.29 is 124 Å². The van der Waals surface area contributed by atoms with Gasteiger partial charge in [-0.2, -0.15) is 19.2 Å². The molecule has 0 saturated carbocycles. The number of halogens is 19. The summed E-state index contributed by atoms with van der Waals surface area (Å²) in [6.45, 7) is 5.48. The van der Waals surface area contributed by atoms with Crippen molar-refractivity contribution in [2.45, 2.75) is 49.6 Å². The van der Waals surface area contributed by atoms with E-state index in [4.69, 9.17) is 16.8 Å². The molecule has 7 aromatic rings. The third kappa shape index (κ3) is 31.2. The van der Waals surface area contributed by atoms with E-state index in [-0.39, 0.29) is 90.4 Å². The van der Waals surface area contributed by atoms with Crippen LogP contribution in [0.2, 0.25) is 19.6 Å². The SMILES string of the molecule is C[Si](C)(C)OS(C)(=O)=O.Fc1c[c-]cc(F)c1.Fc1cc(F)cc(Br)c1.Fc1cc(F)cc([S+](c2cc(F)cc(F)c2)c2cc(F)cc(F)c2)c1.O=S(=O)([O-])C(F)(F)F.O=S(c1cc(F)cc(F)c1)c1cc(F)cc(F)c1.[Br-].[H-].[H-].[Mg+2].[Mg+2]. The molecule has 0 radical (unpaired) electrons. The van der Waals surface area contributed by atoms with Gasteiger partial charge in [-0.3, -0.25) is 8.78 Å². The summed E-state index contributed by atoms with van der Waals surface area (Å²) in [4.78, 5) is -0.414. The van der Waals surface area contributed by atoms with E-state index in [0.29, 0.717) is 34.8 Å². The molecule has 0 bridgehead atoms. The Morgan fingerprint density at radius 3 is 0.863 bits per heavy atom. The Balaban J connectivity index is -0.000000470. The van der Waals surface area contributed by atoms with E-state index in [9.17, 15) is 87.3 Å². The largest absolute Gasteiger partial charge is 2.00 e. The summed E-state index contributed by atoms with van der Waals surface area (Å²) in [6, 6.07) is 20.7. The topological polar surface area (TPSA) is 118 Å². The van der Waals surface area contributed by atoms with Crippen LogP contribution in [-0.2, 0) is 45.8 Å². The minimum atomic E-state index is -6.09. The standard InChI is InChI=1S/C18H9F6S.C12H6F4OS.C6H3BrF2.C6H3F2.C4H12O3SSi.CHF3O3S.BrH.2Mg.2H/c19-10-1-11(20)5-16(4-10)25(17-6-12(21)2-13(22)7-17)18-8-14(23)3-15(24)9-18;13-7-1-8(14)4-11(3-7)18(17)12-5-9(15)2-10(16)6-12;7-4-1-5(8)3-6(9)2-4;7-5-2-1-3-6(8)4-5;1-8(5,6)7-9(2,3)4;2-1(3,4)8(5,6)7;;;;;/h1-9H;1-6H;1-3H;2-4H;1-4H3;(H,5,6,7);1H;;;;/q+1;;;-1;;;;2*+2;2*-1/p-2. The average molecular weight is 1400 g/mol. The summed E-state index contributed by atoms with van der Waals surface area (Å²) in [5.41, 5.74) is -5.65. The molecule has 80 heavy (non-hydrogen) atoms. The van der Waals surface area contributed by atoms with Gasteiger partial charge in [0, 0.05) is 98.7 Å². The fraction of sp³-hybridized carbons (Fsp3) is 0.106.